The zero-order chi connectivity index (χ0) is 14.7. The summed E-state index contributed by atoms with van der Waals surface area (Å²) in [6.45, 7) is 2.09. The van der Waals surface area contributed by atoms with Crippen LogP contribution in [0.2, 0.25) is 0 Å². The lowest BCUT2D eigenvalue weighted by Gasteiger charge is -2.06. The second kappa shape index (κ2) is 5.83. The third kappa shape index (κ3) is 2.68. The molecular formula is C18H17NO2. The number of aromatic nitrogens is 1. The van der Waals surface area contributed by atoms with Crippen LogP contribution in [-0.4, -0.2) is 11.0 Å². The van der Waals surface area contributed by atoms with Crippen LogP contribution in [0, 0.1) is 0 Å². The van der Waals surface area contributed by atoms with Crippen LogP contribution in [0.3, 0.4) is 0 Å². The summed E-state index contributed by atoms with van der Waals surface area (Å²) in [6.07, 6.45) is 0.392. The second-order valence-corrected chi connectivity index (χ2v) is 4.90. The van der Waals surface area contributed by atoms with Gasteiger partial charge in [0.1, 0.15) is 6.61 Å². The normalized spacial score (nSPS) is 10.7. The van der Waals surface area contributed by atoms with Gasteiger partial charge in [-0.2, -0.15) is 0 Å². The van der Waals surface area contributed by atoms with Gasteiger partial charge < -0.3 is 9.72 Å². The van der Waals surface area contributed by atoms with Crippen molar-refractivity contribution in [2.75, 3.05) is 0 Å². The molecule has 3 heteroatoms. The highest BCUT2D eigenvalue weighted by molar-refractivity contribution is 5.90. The van der Waals surface area contributed by atoms with E-state index in [1.165, 1.54) is 0 Å². The Bertz CT molecular complexity index is 759. The minimum Gasteiger partial charge on any atom is -0.461 e. The van der Waals surface area contributed by atoms with Crippen LogP contribution in [0.5, 0.6) is 0 Å². The van der Waals surface area contributed by atoms with Crippen LogP contribution in [0.4, 0.5) is 0 Å². The molecule has 0 atom stereocenters. The van der Waals surface area contributed by atoms with E-state index < -0.39 is 0 Å². The van der Waals surface area contributed by atoms with E-state index in [2.05, 4.69) is 17.1 Å². The van der Waals surface area contributed by atoms with Crippen molar-refractivity contribution in [3.8, 4) is 11.3 Å². The predicted octanol–water partition coefficient (Wildman–Crippen LogP) is 4.29. The molecule has 0 aliphatic rings. The van der Waals surface area contributed by atoms with Crippen molar-refractivity contribution >= 4 is 16.9 Å². The smallest absolute Gasteiger partial charge is 0.305 e. The van der Waals surface area contributed by atoms with Crippen molar-refractivity contribution in [3.05, 3.63) is 60.2 Å². The molecule has 0 radical (unpaired) electrons. The summed E-state index contributed by atoms with van der Waals surface area (Å²) >= 11 is 0. The van der Waals surface area contributed by atoms with E-state index in [1.807, 2.05) is 42.5 Å². The number of rotatable bonds is 4. The van der Waals surface area contributed by atoms with Crippen molar-refractivity contribution < 1.29 is 9.53 Å². The monoisotopic (exact) mass is 279 g/mol. The fourth-order valence-electron chi connectivity index (χ4n) is 2.46. The summed E-state index contributed by atoms with van der Waals surface area (Å²) in [5.41, 5.74) is 4.19. The highest BCUT2D eigenvalue weighted by Gasteiger charge is 2.14. The molecule has 0 aliphatic carbocycles. The van der Waals surface area contributed by atoms with Crippen molar-refractivity contribution in [1.82, 2.24) is 4.98 Å². The van der Waals surface area contributed by atoms with Gasteiger partial charge in [0, 0.05) is 22.9 Å². The Balaban J connectivity index is 2.08. The molecule has 2 aromatic carbocycles. The van der Waals surface area contributed by atoms with Crippen molar-refractivity contribution in [2.45, 2.75) is 20.0 Å². The Morgan fingerprint density at radius 1 is 1.05 bits per heavy atom. The number of aromatic amines is 1. The highest BCUT2D eigenvalue weighted by atomic mass is 16.5. The minimum absolute atomic E-state index is 0.181. The molecule has 106 valence electrons. The molecule has 3 nitrogen and oxygen atoms in total. The number of carbonyl (C=O) groups is 1. The van der Waals surface area contributed by atoms with E-state index in [4.69, 9.17) is 4.74 Å². The van der Waals surface area contributed by atoms with Gasteiger partial charge in [-0.25, -0.2) is 0 Å². The Hall–Kier alpha value is -2.55. The van der Waals surface area contributed by atoms with Gasteiger partial charge in [0.25, 0.3) is 0 Å². The van der Waals surface area contributed by atoms with E-state index in [9.17, 15) is 4.79 Å². The molecule has 21 heavy (non-hydrogen) atoms. The molecule has 0 unspecified atom stereocenters. The van der Waals surface area contributed by atoms with Gasteiger partial charge in [-0.15, -0.1) is 0 Å². The number of benzene rings is 2. The number of carbonyl (C=O) groups excluding carboxylic acids is 1. The van der Waals surface area contributed by atoms with Crippen molar-refractivity contribution in [3.63, 3.8) is 0 Å². The first-order valence-corrected chi connectivity index (χ1v) is 7.10. The number of hydrogen-bond acceptors (Lipinski definition) is 2. The van der Waals surface area contributed by atoms with Crippen LogP contribution in [-0.2, 0) is 16.1 Å². The number of ether oxygens (including phenoxy) is 1. The van der Waals surface area contributed by atoms with E-state index >= 15 is 0 Å². The standard InChI is InChI=1S/C18H17NO2/c1-2-17(20)21-12-15-14-10-6-7-11-16(14)19-18(15)13-8-4-3-5-9-13/h3-11,19H,2,12H2,1H3. The van der Waals surface area contributed by atoms with E-state index in [0.29, 0.717) is 13.0 Å². The first-order chi connectivity index (χ1) is 10.3. The Morgan fingerprint density at radius 3 is 2.52 bits per heavy atom. The molecule has 0 fully saturated rings. The highest BCUT2D eigenvalue weighted by Crippen LogP contribution is 2.30. The van der Waals surface area contributed by atoms with Gasteiger partial charge >= 0.3 is 5.97 Å². The summed E-state index contributed by atoms with van der Waals surface area (Å²) in [7, 11) is 0. The number of hydrogen-bond donors (Lipinski definition) is 1. The average molecular weight is 279 g/mol. The number of fused-ring (bicyclic) bond motifs is 1. The zero-order valence-corrected chi connectivity index (χ0v) is 11.9. The van der Waals surface area contributed by atoms with Gasteiger partial charge in [0.05, 0.1) is 5.69 Å². The summed E-state index contributed by atoms with van der Waals surface area (Å²) in [6, 6.07) is 18.2. The molecule has 0 aliphatic heterocycles. The lowest BCUT2D eigenvalue weighted by Crippen LogP contribution is -2.02. The fraction of sp³-hybridized carbons (Fsp3) is 0.167. The lowest BCUT2D eigenvalue weighted by atomic mass is 10.1. The van der Waals surface area contributed by atoms with Crippen LogP contribution in [0.15, 0.2) is 54.6 Å². The number of para-hydroxylation sites is 1. The van der Waals surface area contributed by atoms with Gasteiger partial charge in [-0.3, -0.25) is 4.79 Å². The molecule has 1 N–H and O–H groups in total. The third-order valence-electron chi connectivity index (χ3n) is 3.54. The summed E-state index contributed by atoms with van der Waals surface area (Å²) in [5.74, 6) is -0.181. The Morgan fingerprint density at radius 2 is 1.76 bits per heavy atom. The maximum atomic E-state index is 11.5. The minimum atomic E-state index is -0.181. The van der Waals surface area contributed by atoms with Gasteiger partial charge in [0.15, 0.2) is 0 Å². The second-order valence-electron chi connectivity index (χ2n) is 4.90. The van der Waals surface area contributed by atoms with Gasteiger partial charge in [-0.05, 0) is 11.6 Å². The maximum absolute atomic E-state index is 11.5. The summed E-state index contributed by atoms with van der Waals surface area (Å²) in [5, 5.41) is 1.10. The molecule has 0 bridgehead atoms. The maximum Gasteiger partial charge on any atom is 0.305 e. The topological polar surface area (TPSA) is 42.1 Å². The molecule has 0 saturated heterocycles. The number of esters is 1. The quantitative estimate of drug-likeness (QED) is 0.724. The van der Waals surface area contributed by atoms with E-state index in [-0.39, 0.29) is 5.97 Å². The van der Waals surface area contributed by atoms with Crippen LogP contribution >= 0.6 is 0 Å². The molecule has 0 amide bonds. The van der Waals surface area contributed by atoms with E-state index in [1.54, 1.807) is 6.92 Å². The number of nitrogens with one attached hydrogen (secondary N) is 1. The molecule has 0 spiro atoms. The van der Waals surface area contributed by atoms with E-state index in [0.717, 1.165) is 27.7 Å². The average Bonchev–Trinajstić information content (AvgIpc) is 2.92. The van der Waals surface area contributed by atoms with Crippen LogP contribution in [0.1, 0.15) is 18.9 Å². The zero-order valence-electron chi connectivity index (χ0n) is 11.9. The molecule has 0 saturated carbocycles. The number of H-pyrrole nitrogens is 1. The lowest BCUT2D eigenvalue weighted by molar-refractivity contribution is -0.144. The summed E-state index contributed by atoms with van der Waals surface area (Å²) < 4.78 is 5.35. The van der Waals surface area contributed by atoms with Crippen molar-refractivity contribution in [2.24, 2.45) is 0 Å². The molecule has 1 heterocycles. The van der Waals surface area contributed by atoms with Gasteiger partial charge in [0.2, 0.25) is 0 Å². The molecule has 3 aromatic rings. The predicted molar refractivity (Wildman–Crippen MR) is 83.8 cm³/mol. The Kier molecular flexibility index (Phi) is 3.73. The molecule has 3 rings (SSSR count). The fourth-order valence-corrected chi connectivity index (χ4v) is 2.46. The third-order valence-corrected chi connectivity index (χ3v) is 3.54. The van der Waals surface area contributed by atoms with Crippen molar-refractivity contribution in [1.29, 1.82) is 0 Å². The first kappa shape index (κ1) is 13.4. The first-order valence-electron chi connectivity index (χ1n) is 7.10. The van der Waals surface area contributed by atoms with Gasteiger partial charge in [-0.1, -0.05) is 55.5 Å². The largest absolute Gasteiger partial charge is 0.461 e. The molecular weight excluding hydrogens is 262 g/mol. The SMILES string of the molecule is CCC(=O)OCc1c(-c2ccccc2)[nH]c2ccccc12. The molecule has 1 aromatic heterocycles. The summed E-state index contributed by atoms with van der Waals surface area (Å²) in [4.78, 5) is 14.9. The Labute approximate surface area is 123 Å². The van der Waals surface area contributed by atoms with Crippen LogP contribution < -0.4 is 0 Å². The van der Waals surface area contributed by atoms with Crippen LogP contribution in [0.25, 0.3) is 22.2 Å².